The third-order valence-corrected chi connectivity index (χ3v) is 1.98. The van der Waals surface area contributed by atoms with E-state index in [-0.39, 0.29) is 5.69 Å². The molecule has 0 fully saturated rings. The van der Waals surface area contributed by atoms with Crippen molar-refractivity contribution in [3.05, 3.63) is 46.0 Å². The van der Waals surface area contributed by atoms with Gasteiger partial charge in [-0.1, -0.05) is 19.1 Å². The van der Waals surface area contributed by atoms with Crippen LogP contribution in [0.25, 0.3) is 6.08 Å². The van der Waals surface area contributed by atoms with Gasteiger partial charge in [-0.3, -0.25) is 10.1 Å². The van der Waals surface area contributed by atoms with Gasteiger partial charge in [0.2, 0.25) is 0 Å². The zero-order chi connectivity index (χ0) is 12.7. The van der Waals surface area contributed by atoms with Crippen molar-refractivity contribution in [2.24, 2.45) is 0 Å². The van der Waals surface area contributed by atoms with Crippen LogP contribution in [0.5, 0.6) is 0 Å². The van der Waals surface area contributed by atoms with Crippen molar-refractivity contribution in [2.45, 2.75) is 13.3 Å². The van der Waals surface area contributed by atoms with Crippen molar-refractivity contribution in [2.75, 3.05) is 6.61 Å². The van der Waals surface area contributed by atoms with E-state index in [1.54, 1.807) is 18.2 Å². The lowest BCUT2D eigenvalue weighted by atomic mass is 10.1. The first-order valence-corrected chi connectivity index (χ1v) is 5.23. The monoisotopic (exact) mass is 235 g/mol. The van der Waals surface area contributed by atoms with Crippen LogP contribution in [0.15, 0.2) is 30.3 Å². The smallest absolute Gasteiger partial charge is 0.330 e. The minimum atomic E-state index is -0.495. The lowest BCUT2D eigenvalue weighted by molar-refractivity contribution is -0.385. The summed E-state index contributed by atoms with van der Waals surface area (Å²) in [4.78, 5) is 21.4. The van der Waals surface area contributed by atoms with Crippen LogP contribution in [0.4, 0.5) is 5.69 Å². The Morgan fingerprint density at radius 2 is 2.18 bits per heavy atom. The molecular weight excluding hydrogens is 222 g/mol. The molecule has 1 rings (SSSR count). The largest absolute Gasteiger partial charge is 0.463 e. The maximum atomic E-state index is 11.2. The summed E-state index contributed by atoms with van der Waals surface area (Å²) >= 11 is 0. The van der Waals surface area contributed by atoms with Gasteiger partial charge in [0.05, 0.1) is 17.1 Å². The van der Waals surface area contributed by atoms with Crippen LogP contribution in [0.1, 0.15) is 18.9 Å². The molecule has 5 nitrogen and oxygen atoms in total. The van der Waals surface area contributed by atoms with Gasteiger partial charge in [0.1, 0.15) is 0 Å². The third kappa shape index (κ3) is 4.06. The number of para-hydroxylation sites is 1. The molecule has 0 N–H and O–H groups in total. The summed E-state index contributed by atoms with van der Waals surface area (Å²) in [5.41, 5.74) is 0.345. The maximum absolute atomic E-state index is 11.2. The van der Waals surface area contributed by atoms with Crippen LogP contribution in [0.3, 0.4) is 0 Å². The van der Waals surface area contributed by atoms with Crippen LogP contribution in [-0.2, 0) is 9.53 Å². The summed E-state index contributed by atoms with van der Waals surface area (Å²) in [6.45, 7) is 2.24. The van der Waals surface area contributed by atoms with E-state index in [2.05, 4.69) is 0 Å². The second kappa shape index (κ2) is 6.42. The Balaban J connectivity index is 2.77. The Labute approximate surface area is 98.9 Å². The van der Waals surface area contributed by atoms with Gasteiger partial charge in [-0.25, -0.2) is 4.79 Å². The van der Waals surface area contributed by atoms with E-state index >= 15 is 0 Å². The number of nitrogens with zero attached hydrogens (tertiary/aromatic N) is 1. The zero-order valence-corrected chi connectivity index (χ0v) is 9.46. The second-order valence-electron chi connectivity index (χ2n) is 3.32. The molecule has 1 aromatic carbocycles. The van der Waals surface area contributed by atoms with E-state index < -0.39 is 10.9 Å². The summed E-state index contributed by atoms with van der Waals surface area (Å²) in [5, 5.41) is 10.7. The van der Waals surface area contributed by atoms with E-state index in [1.807, 2.05) is 6.92 Å². The van der Waals surface area contributed by atoms with Crippen LogP contribution >= 0.6 is 0 Å². The normalized spacial score (nSPS) is 10.4. The lowest BCUT2D eigenvalue weighted by Crippen LogP contribution is -2.01. The predicted molar refractivity (Wildman–Crippen MR) is 63.4 cm³/mol. The molecule has 0 heterocycles. The van der Waals surface area contributed by atoms with Crippen molar-refractivity contribution in [3.63, 3.8) is 0 Å². The number of nitro benzene ring substituents is 1. The first-order chi connectivity index (χ1) is 8.15. The van der Waals surface area contributed by atoms with E-state index in [9.17, 15) is 14.9 Å². The Morgan fingerprint density at radius 3 is 2.82 bits per heavy atom. The molecule has 1 aromatic rings. The second-order valence-corrected chi connectivity index (χ2v) is 3.32. The Kier molecular flexibility index (Phi) is 4.87. The highest BCUT2D eigenvalue weighted by molar-refractivity contribution is 5.87. The highest BCUT2D eigenvalue weighted by Gasteiger charge is 2.09. The minimum Gasteiger partial charge on any atom is -0.463 e. The number of hydrogen-bond donors (Lipinski definition) is 0. The fourth-order valence-corrected chi connectivity index (χ4v) is 1.20. The fraction of sp³-hybridized carbons (Fsp3) is 0.250. The van der Waals surface area contributed by atoms with Crippen molar-refractivity contribution < 1.29 is 14.5 Å². The highest BCUT2D eigenvalue weighted by atomic mass is 16.6. The number of benzene rings is 1. The van der Waals surface area contributed by atoms with E-state index in [1.165, 1.54) is 18.2 Å². The standard InChI is InChI=1S/C12H13NO4/c1-2-9-17-12(14)8-7-10-5-3-4-6-11(10)13(15)16/h3-8H,2,9H2,1H3. The molecular formula is C12H13NO4. The van der Waals surface area contributed by atoms with E-state index in [0.29, 0.717) is 12.2 Å². The predicted octanol–water partition coefficient (Wildman–Crippen LogP) is 2.56. The van der Waals surface area contributed by atoms with Gasteiger partial charge < -0.3 is 4.74 Å². The molecule has 0 bridgehead atoms. The molecule has 17 heavy (non-hydrogen) atoms. The molecule has 0 aliphatic carbocycles. The van der Waals surface area contributed by atoms with E-state index in [4.69, 9.17) is 4.74 Å². The highest BCUT2D eigenvalue weighted by Crippen LogP contribution is 2.18. The molecule has 0 spiro atoms. The molecule has 0 aromatic heterocycles. The Hall–Kier alpha value is -2.17. The Morgan fingerprint density at radius 1 is 1.47 bits per heavy atom. The van der Waals surface area contributed by atoms with Crippen molar-refractivity contribution in [1.29, 1.82) is 0 Å². The topological polar surface area (TPSA) is 69.4 Å². The molecule has 5 heteroatoms. The number of carbonyl (C=O) groups is 1. The van der Waals surface area contributed by atoms with Crippen molar-refractivity contribution in [3.8, 4) is 0 Å². The van der Waals surface area contributed by atoms with Gasteiger partial charge >= 0.3 is 5.97 Å². The maximum Gasteiger partial charge on any atom is 0.330 e. The van der Waals surface area contributed by atoms with Crippen molar-refractivity contribution in [1.82, 2.24) is 0 Å². The van der Waals surface area contributed by atoms with Crippen LogP contribution in [0.2, 0.25) is 0 Å². The molecule has 0 aliphatic rings. The summed E-state index contributed by atoms with van der Waals surface area (Å²) < 4.78 is 4.82. The molecule has 0 unspecified atom stereocenters. The van der Waals surface area contributed by atoms with Crippen LogP contribution in [-0.4, -0.2) is 17.5 Å². The van der Waals surface area contributed by atoms with Gasteiger partial charge in [-0.15, -0.1) is 0 Å². The van der Waals surface area contributed by atoms with Crippen molar-refractivity contribution >= 4 is 17.7 Å². The number of esters is 1. The molecule has 0 atom stereocenters. The fourth-order valence-electron chi connectivity index (χ4n) is 1.20. The molecule has 0 aliphatic heterocycles. The molecule has 0 radical (unpaired) electrons. The van der Waals surface area contributed by atoms with Gasteiger partial charge in [0.15, 0.2) is 0 Å². The van der Waals surface area contributed by atoms with Crippen LogP contribution < -0.4 is 0 Å². The molecule has 0 saturated heterocycles. The first kappa shape index (κ1) is 12.9. The van der Waals surface area contributed by atoms with Crippen LogP contribution in [0, 0.1) is 10.1 Å². The summed E-state index contributed by atoms with van der Waals surface area (Å²) in [7, 11) is 0. The summed E-state index contributed by atoms with van der Waals surface area (Å²) in [6.07, 6.45) is 3.32. The summed E-state index contributed by atoms with van der Waals surface area (Å²) in [5.74, 6) is -0.495. The SMILES string of the molecule is CCCOC(=O)C=Cc1ccccc1[N+](=O)[O-]. The number of ether oxygens (including phenoxy) is 1. The number of hydrogen-bond acceptors (Lipinski definition) is 4. The number of rotatable bonds is 5. The quantitative estimate of drug-likeness (QED) is 0.340. The summed E-state index contributed by atoms with van der Waals surface area (Å²) in [6, 6.07) is 6.20. The first-order valence-electron chi connectivity index (χ1n) is 5.23. The lowest BCUT2D eigenvalue weighted by Gasteiger charge is -1.98. The molecule has 0 amide bonds. The van der Waals surface area contributed by atoms with Gasteiger partial charge in [0, 0.05) is 12.1 Å². The molecule has 0 saturated carbocycles. The van der Waals surface area contributed by atoms with Gasteiger partial charge in [-0.2, -0.15) is 0 Å². The third-order valence-electron chi connectivity index (χ3n) is 1.98. The Bertz CT molecular complexity index is 440. The number of carbonyl (C=O) groups excluding carboxylic acids is 1. The zero-order valence-electron chi connectivity index (χ0n) is 9.46. The van der Waals surface area contributed by atoms with E-state index in [0.717, 1.165) is 6.42 Å². The number of nitro groups is 1. The average Bonchev–Trinajstić information content (AvgIpc) is 2.34. The minimum absolute atomic E-state index is 0.0351. The van der Waals surface area contributed by atoms with Gasteiger partial charge in [0.25, 0.3) is 5.69 Å². The molecule has 90 valence electrons. The van der Waals surface area contributed by atoms with Gasteiger partial charge in [-0.05, 0) is 18.6 Å². The average molecular weight is 235 g/mol.